The minimum absolute atomic E-state index is 0.114. The van der Waals surface area contributed by atoms with E-state index >= 15 is 0 Å². The summed E-state index contributed by atoms with van der Waals surface area (Å²) in [5.41, 5.74) is 11.8. The van der Waals surface area contributed by atoms with Crippen LogP contribution >= 0.6 is 0 Å². The van der Waals surface area contributed by atoms with Gasteiger partial charge in [-0.25, -0.2) is 4.79 Å². The molecule has 0 radical (unpaired) electrons. The third-order valence-corrected chi connectivity index (χ3v) is 7.78. The second kappa shape index (κ2) is 13.7. The molecule has 4 aromatic carbocycles. The van der Waals surface area contributed by atoms with Crippen LogP contribution in [0.25, 0.3) is 11.1 Å². The molecule has 0 bridgehead atoms. The fourth-order valence-electron chi connectivity index (χ4n) is 5.60. The number of rotatable bonds is 9. The number of anilines is 3. The first-order chi connectivity index (χ1) is 20.5. The first-order valence-corrected chi connectivity index (χ1v) is 14.5. The van der Waals surface area contributed by atoms with Crippen molar-refractivity contribution in [2.24, 2.45) is 11.7 Å². The number of nitrogens with one attached hydrogen (secondary N) is 3. The first-order valence-electron chi connectivity index (χ1n) is 14.5. The molecule has 0 aliphatic heterocycles. The van der Waals surface area contributed by atoms with Crippen molar-refractivity contribution < 1.29 is 9.59 Å². The molecule has 5 N–H and O–H groups in total. The summed E-state index contributed by atoms with van der Waals surface area (Å²) >= 11 is 0. The summed E-state index contributed by atoms with van der Waals surface area (Å²) in [7, 11) is 0. The highest BCUT2D eigenvalue weighted by atomic mass is 16.2. The molecule has 1 fully saturated rings. The van der Waals surface area contributed by atoms with Crippen molar-refractivity contribution in [1.82, 2.24) is 5.32 Å². The summed E-state index contributed by atoms with van der Waals surface area (Å²) in [5, 5.41) is 15.0. The lowest BCUT2D eigenvalue weighted by Gasteiger charge is -2.29. The Balaban J connectivity index is 1.48. The molecule has 0 aromatic heterocycles. The van der Waals surface area contributed by atoms with Gasteiger partial charge >= 0.3 is 6.03 Å². The van der Waals surface area contributed by atoms with Gasteiger partial charge in [0.15, 0.2) is 0 Å². The molecule has 5 rings (SSSR count). The van der Waals surface area contributed by atoms with Crippen LogP contribution in [0, 0.1) is 11.3 Å². The Bertz CT molecular complexity index is 1530. The Labute approximate surface area is 247 Å². The maximum atomic E-state index is 14.1. The Morgan fingerprint density at radius 1 is 0.810 bits per heavy atom. The zero-order valence-electron chi connectivity index (χ0n) is 23.7. The van der Waals surface area contributed by atoms with Crippen LogP contribution in [0.4, 0.5) is 21.9 Å². The second-order valence-corrected chi connectivity index (χ2v) is 10.6. The summed E-state index contributed by atoms with van der Waals surface area (Å²) in [4.78, 5) is 27.5. The van der Waals surface area contributed by atoms with Gasteiger partial charge in [-0.15, -0.1) is 0 Å². The number of carbonyl (C=O) groups is 2. The SMILES string of the molecule is N=C(c1ccccc1N(C(=O)NCc1ccccc1-c1ccccc1)c1ccc(NC(=O)CN)cc1)C1CCCCC1. The minimum Gasteiger partial charge on any atom is -0.333 e. The van der Waals surface area contributed by atoms with E-state index < -0.39 is 0 Å². The second-order valence-electron chi connectivity index (χ2n) is 10.6. The number of nitrogens with zero attached hydrogens (tertiary/aromatic N) is 1. The zero-order valence-corrected chi connectivity index (χ0v) is 23.7. The molecule has 0 atom stereocenters. The normalized spacial score (nSPS) is 13.3. The van der Waals surface area contributed by atoms with Gasteiger partial charge in [-0.05, 0) is 59.9 Å². The molecule has 1 saturated carbocycles. The number of para-hydroxylation sites is 1. The predicted octanol–water partition coefficient (Wildman–Crippen LogP) is 7.25. The quantitative estimate of drug-likeness (QED) is 0.162. The van der Waals surface area contributed by atoms with Gasteiger partial charge in [-0.1, -0.05) is 92.1 Å². The number of amides is 3. The third kappa shape index (κ3) is 6.75. The highest BCUT2D eigenvalue weighted by molar-refractivity contribution is 6.10. The third-order valence-electron chi connectivity index (χ3n) is 7.78. The summed E-state index contributed by atoms with van der Waals surface area (Å²) < 4.78 is 0. The number of hydrogen-bond donors (Lipinski definition) is 4. The van der Waals surface area contributed by atoms with Gasteiger partial charge in [-0.2, -0.15) is 0 Å². The van der Waals surface area contributed by atoms with Crippen molar-refractivity contribution in [2.45, 2.75) is 38.6 Å². The molecule has 42 heavy (non-hydrogen) atoms. The van der Waals surface area contributed by atoms with E-state index in [-0.39, 0.29) is 24.4 Å². The van der Waals surface area contributed by atoms with Crippen LogP contribution in [-0.4, -0.2) is 24.2 Å². The lowest BCUT2D eigenvalue weighted by atomic mass is 9.83. The first kappa shape index (κ1) is 28.8. The summed E-state index contributed by atoms with van der Waals surface area (Å²) in [6.45, 7) is 0.213. The van der Waals surface area contributed by atoms with E-state index in [1.165, 1.54) is 6.42 Å². The van der Waals surface area contributed by atoms with Crippen LogP contribution in [0.5, 0.6) is 0 Å². The van der Waals surface area contributed by atoms with Crippen LogP contribution in [0.1, 0.15) is 43.2 Å². The van der Waals surface area contributed by atoms with Crippen LogP contribution in [0.15, 0.2) is 103 Å². The molecular formula is C35H37N5O2. The van der Waals surface area contributed by atoms with Crippen LogP contribution in [-0.2, 0) is 11.3 Å². The fraction of sp³-hybridized carbons (Fsp3) is 0.229. The summed E-state index contributed by atoms with van der Waals surface area (Å²) in [6.07, 6.45) is 5.43. The predicted molar refractivity (Wildman–Crippen MR) is 170 cm³/mol. The van der Waals surface area contributed by atoms with Crippen molar-refractivity contribution in [3.05, 3.63) is 114 Å². The van der Waals surface area contributed by atoms with Gasteiger partial charge in [0.2, 0.25) is 5.91 Å². The Morgan fingerprint density at radius 3 is 2.21 bits per heavy atom. The van der Waals surface area contributed by atoms with Crippen molar-refractivity contribution in [2.75, 3.05) is 16.8 Å². The lowest BCUT2D eigenvalue weighted by molar-refractivity contribution is -0.114. The molecule has 214 valence electrons. The van der Waals surface area contributed by atoms with E-state index in [4.69, 9.17) is 11.1 Å². The molecule has 0 heterocycles. The summed E-state index contributed by atoms with van der Waals surface area (Å²) in [5.74, 6) is -0.114. The topological polar surface area (TPSA) is 111 Å². The molecule has 0 spiro atoms. The smallest absolute Gasteiger partial charge is 0.326 e. The molecule has 7 nitrogen and oxygen atoms in total. The van der Waals surface area contributed by atoms with E-state index in [0.29, 0.717) is 29.3 Å². The van der Waals surface area contributed by atoms with E-state index in [2.05, 4.69) is 28.8 Å². The summed E-state index contributed by atoms with van der Waals surface area (Å²) in [6, 6.07) is 32.6. The Hall–Kier alpha value is -4.75. The highest BCUT2D eigenvalue weighted by Crippen LogP contribution is 2.34. The molecule has 7 heteroatoms. The van der Waals surface area contributed by atoms with Crippen LogP contribution in [0.3, 0.4) is 0 Å². The van der Waals surface area contributed by atoms with Crippen molar-refractivity contribution >= 4 is 34.7 Å². The lowest BCUT2D eigenvalue weighted by Crippen LogP contribution is -2.37. The van der Waals surface area contributed by atoms with Crippen molar-refractivity contribution in [3.63, 3.8) is 0 Å². The molecule has 1 aliphatic rings. The van der Waals surface area contributed by atoms with Gasteiger partial charge in [0.05, 0.1) is 17.9 Å². The molecule has 4 aromatic rings. The van der Waals surface area contributed by atoms with Gasteiger partial charge in [0.25, 0.3) is 0 Å². The molecular weight excluding hydrogens is 522 g/mol. The number of urea groups is 1. The van der Waals surface area contributed by atoms with E-state index in [9.17, 15) is 9.59 Å². The van der Waals surface area contributed by atoms with E-state index in [1.54, 1.807) is 29.2 Å². The standard InChI is InChI=1S/C35H37N5O2/c36-23-33(41)39-28-19-21-29(22-20-28)40(32-18-10-9-17-31(32)34(37)26-13-5-2-6-14-26)35(42)38-24-27-15-7-8-16-30(27)25-11-3-1-4-12-25/h1,3-4,7-12,15-22,26,37H,2,5-6,13-14,23-24,36H2,(H,38,42)(H,39,41). The van der Waals surface area contributed by atoms with Crippen LogP contribution < -0.4 is 21.3 Å². The number of benzene rings is 4. The van der Waals surface area contributed by atoms with Gasteiger partial charge in [0, 0.05) is 29.4 Å². The monoisotopic (exact) mass is 559 g/mol. The van der Waals surface area contributed by atoms with Crippen LogP contribution in [0.2, 0.25) is 0 Å². The number of hydrogen-bond acceptors (Lipinski definition) is 4. The number of nitrogens with two attached hydrogens (primary N) is 1. The largest absolute Gasteiger partial charge is 0.333 e. The maximum Gasteiger partial charge on any atom is 0.326 e. The van der Waals surface area contributed by atoms with E-state index in [0.717, 1.165) is 47.9 Å². The van der Waals surface area contributed by atoms with Gasteiger partial charge in [0.1, 0.15) is 0 Å². The average molecular weight is 560 g/mol. The fourth-order valence-corrected chi connectivity index (χ4v) is 5.60. The molecule has 0 saturated heterocycles. The van der Waals surface area contributed by atoms with Gasteiger partial charge < -0.3 is 21.8 Å². The number of carbonyl (C=O) groups excluding carboxylic acids is 2. The van der Waals surface area contributed by atoms with E-state index in [1.807, 2.05) is 60.7 Å². The molecule has 1 aliphatic carbocycles. The highest BCUT2D eigenvalue weighted by Gasteiger charge is 2.26. The van der Waals surface area contributed by atoms with Gasteiger partial charge in [-0.3, -0.25) is 9.69 Å². The van der Waals surface area contributed by atoms with Crippen molar-refractivity contribution in [3.8, 4) is 11.1 Å². The average Bonchev–Trinajstić information content (AvgIpc) is 3.05. The zero-order chi connectivity index (χ0) is 29.3. The Kier molecular flexibility index (Phi) is 9.41. The molecule has 3 amide bonds. The Morgan fingerprint density at radius 2 is 1.48 bits per heavy atom. The van der Waals surface area contributed by atoms with Crippen molar-refractivity contribution in [1.29, 1.82) is 5.41 Å². The molecule has 0 unspecified atom stereocenters. The maximum absolute atomic E-state index is 14.1. The minimum atomic E-state index is -0.305.